The number of amides is 1. The van der Waals surface area contributed by atoms with Crippen molar-refractivity contribution in [1.82, 2.24) is 15.5 Å². The Morgan fingerprint density at radius 1 is 1.28 bits per heavy atom. The molecule has 2 aliphatic rings. The predicted molar refractivity (Wildman–Crippen MR) is 102 cm³/mol. The fourth-order valence-electron chi connectivity index (χ4n) is 3.47. The van der Waals surface area contributed by atoms with Gasteiger partial charge in [0.25, 0.3) is 5.91 Å². The van der Waals surface area contributed by atoms with Crippen LogP contribution >= 0.6 is 15.9 Å². The molecule has 25 heavy (non-hydrogen) atoms. The van der Waals surface area contributed by atoms with Crippen molar-refractivity contribution < 1.29 is 9.53 Å². The van der Waals surface area contributed by atoms with E-state index in [4.69, 9.17) is 4.74 Å². The van der Waals surface area contributed by atoms with Gasteiger partial charge in [-0.05, 0) is 37.1 Å². The standard InChI is InChI=1S/C18H25BrN4O2/c1-20-17(23-10-6-18(12-23)7-11-25-13-18)22-9-8-21-16(24)14-2-4-15(19)5-3-14/h2-5H,6-13H2,1H3,(H,20,22)(H,21,24). The van der Waals surface area contributed by atoms with Gasteiger partial charge in [-0.1, -0.05) is 15.9 Å². The van der Waals surface area contributed by atoms with Crippen LogP contribution in [0, 0.1) is 5.41 Å². The van der Waals surface area contributed by atoms with E-state index in [0.717, 1.165) is 49.6 Å². The maximum Gasteiger partial charge on any atom is 0.251 e. The highest BCUT2D eigenvalue weighted by Crippen LogP contribution is 2.38. The van der Waals surface area contributed by atoms with Crippen molar-refractivity contribution in [1.29, 1.82) is 0 Å². The first-order valence-electron chi connectivity index (χ1n) is 8.69. The monoisotopic (exact) mass is 408 g/mol. The smallest absolute Gasteiger partial charge is 0.251 e. The number of carbonyl (C=O) groups excluding carboxylic acids is 1. The van der Waals surface area contributed by atoms with Gasteiger partial charge in [0.05, 0.1) is 6.61 Å². The second-order valence-corrected chi connectivity index (χ2v) is 7.63. The van der Waals surface area contributed by atoms with Crippen molar-refractivity contribution in [2.75, 3.05) is 46.4 Å². The molecule has 1 unspecified atom stereocenters. The number of guanidine groups is 1. The van der Waals surface area contributed by atoms with Crippen LogP contribution in [-0.4, -0.2) is 63.2 Å². The minimum atomic E-state index is -0.0625. The molecule has 2 aliphatic heterocycles. The number of hydrogen-bond donors (Lipinski definition) is 2. The van der Waals surface area contributed by atoms with Gasteiger partial charge in [0.1, 0.15) is 0 Å². The van der Waals surface area contributed by atoms with Gasteiger partial charge in [0.15, 0.2) is 5.96 Å². The molecule has 1 aromatic rings. The van der Waals surface area contributed by atoms with Crippen molar-refractivity contribution in [2.24, 2.45) is 10.4 Å². The molecule has 0 bridgehead atoms. The number of nitrogens with zero attached hydrogens (tertiary/aromatic N) is 2. The van der Waals surface area contributed by atoms with Crippen LogP contribution in [0.25, 0.3) is 0 Å². The number of aliphatic imine (C=N–C) groups is 1. The van der Waals surface area contributed by atoms with E-state index in [1.165, 1.54) is 0 Å². The summed E-state index contributed by atoms with van der Waals surface area (Å²) in [5.41, 5.74) is 0.975. The van der Waals surface area contributed by atoms with E-state index >= 15 is 0 Å². The van der Waals surface area contributed by atoms with Gasteiger partial charge in [0.2, 0.25) is 0 Å². The third kappa shape index (κ3) is 4.52. The molecule has 3 rings (SSSR count). The molecular weight excluding hydrogens is 384 g/mol. The lowest BCUT2D eigenvalue weighted by Gasteiger charge is -2.25. The molecule has 0 aromatic heterocycles. The summed E-state index contributed by atoms with van der Waals surface area (Å²) in [4.78, 5) is 18.8. The molecule has 0 aliphatic carbocycles. The van der Waals surface area contributed by atoms with Gasteiger partial charge in [-0.3, -0.25) is 9.79 Å². The Hall–Kier alpha value is -1.60. The van der Waals surface area contributed by atoms with Crippen molar-refractivity contribution in [3.63, 3.8) is 0 Å². The number of ether oxygens (including phenoxy) is 1. The summed E-state index contributed by atoms with van der Waals surface area (Å²) in [5, 5.41) is 6.27. The predicted octanol–water partition coefficient (Wildman–Crippen LogP) is 1.87. The summed E-state index contributed by atoms with van der Waals surface area (Å²) in [6.45, 7) is 4.95. The minimum Gasteiger partial charge on any atom is -0.381 e. The molecule has 2 fully saturated rings. The van der Waals surface area contributed by atoms with Gasteiger partial charge < -0.3 is 20.3 Å². The van der Waals surface area contributed by atoms with E-state index in [2.05, 4.69) is 36.5 Å². The summed E-state index contributed by atoms with van der Waals surface area (Å²) in [6, 6.07) is 7.34. The fourth-order valence-corrected chi connectivity index (χ4v) is 3.74. The Balaban J connectivity index is 1.41. The first-order valence-corrected chi connectivity index (χ1v) is 9.48. The molecule has 1 atom stereocenters. The van der Waals surface area contributed by atoms with Crippen LogP contribution in [0.3, 0.4) is 0 Å². The van der Waals surface area contributed by atoms with Crippen LogP contribution in [0.5, 0.6) is 0 Å². The SMILES string of the molecule is CN=C(NCCNC(=O)c1ccc(Br)cc1)N1CCC2(CCOC2)C1. The van der Waals surface area contributed by atoms with Crippen molar-refractivity contribution in [3.8, 4) is 0 Å². The number of likely N-dealkylation sites (tertiary alicyclic amines) is 1. The molecular formula is C18H25BrN4O2. The Bertz CT molecular complexity index is 626. The lowest BCUT2D eigenvalue weighted by Crippen LogP contribution is -2.44. The van der Waals surface area contributed by atoms with Crippen molar-refractivity contribution in [3.05, 3.63) is 34.3 Å². The van der Waals surface area contributed by atoms with Gasteiger partial charge in [-0.25, -0.2) is 0 Å². The molecule has 2 N–H and O–H groups in total. The molecule has 1 spiro atoms. The number of hydrogen-bond acceptors (Lipinski definition) is 3. The number of carbonyl (C=O) groups is 1. The Morgan fingerprint density at radius 2 is 2.04 bits per heavy atom. The fraction of sp³-hybridized carbons (Fsp3) is 0.556. The maximum atomic E-state index is 12.1. The zero-order valence-corrected chi connectivity index (χ0v) is 16.1. The van der Waals surface area contributed by atoms with Gasteiger partial charge >= 0.3 is 0 Å². The number of benzene rings is 1. The lowest BCUT2D eigenvalue weighted by molar-refractivity contribution is 0.0954. The Kier molecular flexibility index (Phi) is 5.96. The minimum absolute atomic E-state index is 0.0625. The summed E-state index contributed by atoms with van der Waals surface area (Å²) >= 11 is 3.37. The van der Waals surface area contributed by atoms with E-state index in [1.54, 1.807) is 19.2 Å². The van der Waals surface area contributed by atoms with Gasteiger partial charge in [-0.2, -0.15) is 0 Å². The van der Waals surface area contributed by atoms with Crippen molar-refractivity contribution in [2.45, 2.75) is 12.8 Å². The Labute approximate surface area is 157 Å². The van der Waals surface area contributed by atoms with Gasteiger partial charge in [0, 0.05) is 55.3 Å². The highest BCUT2D eigenvalue weighted by Gasteiger charge is 2.42. The van der Waals surface area contributed by atoms with Crippen LogP contribution < -0.4 is 10.6 Å². The molecule has 1 amide bonds. The molecule has 6 nitrogen and oxygen atoms in total. The third-order valence-electron chi connectivity index (χ3n) is 4.93. The van der Waals surface area contributed by atoms with Crippen LogP contribution in [0.4, 0.5) is 0 Å². The second kappa shape index (κ2) is 8.19. The lowest BCUT2D eigenvalue weighted by atomic mass is 9.87. The highest BCUT2D eigenvalue weighted by atomic mass is 79.9. The molecule has 2 saturated heterocycles. The molecule has 7 heteroatoms. The zero-order chi connectivity index (χ0) is 17.7. The number of nitrogens with one attached hydrogen (secondary N) is 2. The second-order valence-electron chi connectivity index (χ2n) is 6.71. The van der Waals surface area contributed by atoms with E-state index in [9.17, 15) is 4.79 Å². The number of rotatable bonds is 4. The van der Waals surface area contributed by atoms with Crippen LogP contribution in [0.1, 0.15) is 23.2 Å². The quantitative estimate of drug-likeness (QED) is 0.453. The summed E-state index contributed by atoms with van der Waals surface area (Å²) in [6.07, 6.45) is 2.30. The topological polar surface area (TPSA) is 66.0 Å². The maximum absolute atomic E-state index is 12.1. The normalized spacial score (nSPS) is 23.3. The largest absolute Gasteiger partial charge is 0.381 e. The first-order chi connectivity index (χ1) is 12.1. The average Bonchev–Trinajstić information content (AvgIpc) is 3.25. The van der Waals surface area contributed by atoms with E-state index < -0.39 is 0 Å². The average molecular weight is 409 g/mol. The summed E-state index contributed by atoms with van der Waals surface area (Å²) in [5.74, 6) is 0.842. The van der Waals surface area contributed by atoms with Crippen LogP contribution in [-0.2, 0) is 4.74 Å². The number of halogens is 1. The summed E-state index contributed by atoms with van der Waals surface area (Å²) < 4.78 is 6.54. The van der Waals surface area contributed by atoms with E-state index in [0.29, 0.717) is 24.1 Å². The van der Waals surface area contributed by atoms with Gasteiger partial charge in [-0.15, -0.1) is 0 Å². The van der Waals surface area contributed by atoms with Crippen molar-refractivity contribution >= 4 is 27.8 Å². The Morgan fingerprint density at radius 3 is 2.72 bits per heavy atom. The molecule has 0 radical (unpaired) electrons. The first kappa shape index (κ1) is 18.2. The van der Waals surface area contributed by atoms with E-state index in [1.807, 2.05) is 12.1 Å². The third-order valence-corrected chi connectivity index (χ3v) is 5.46. The van der Waals surface area contributed by atoms with Crippen LogP contribution in [0.15, 0.2) is 33.7 Å². The zero-order valence-electron chi connectivity index (χ0n) is 14.6. The molecule has 2 heterocycles. The highest BCUT2D eigenvalue weighted by molar-refractivity contribution is 9.10. The molecule has 0 saturated carbocycles. The van der Waals surface area contributed by atoms with E-state index in [-0.39, 0.29) is 5.91 Å². The van der Waals surface area contributed by atoms with Crippen LogP contribution in [0.2, 0.25) is 0 Å². The summed E-state index contributed by atoms with van der Waals surface area (Å²) in [7, 11) is 1.80. The molecule has 1 aromatic carbocycles. The molecule has 136 valence electrons.